The van der Waals surface area contributed by atoms with Gasteiger partial charge in [0.15, 0.2) is 0 Å². The van der Waals surface area contributed by atoms with E-state index in [9.17, 15) is 8.42 Å². The second-order valence-electron chi connectivity index (χ2n) is 5.62. The van der Waals surface area contributed by atoms with E-state index in [1.165, 1.54) is 6.20 Å². The summed E-state index contributed by atoms with van der Waals surface area (Å²) in [5.41, 5.74) is 3.82. The molecule has 0 unspecified atom stereocenters. The fraction of sp³-hybridized carbons (Fsp3) is 0.0556. The Balaban J connectivity index is 2.04. The molecular formula is C18H14N4O2S. The molecule has 0 saturated carbocycles. The summed E-state index contributed by atoms with van der Waals surface area (Å²) < 4.78 is 25.4. The van der Waals surface area contributed by atoms with Crippen LogP contribution in [-0.2, 0) is 9.84 Å². The Morgan fingerprint density at radius 3 is 2.48 bits per heavy atom. The van der Waals surface area contributed by atoms with Crippen molar-refractivity contribution in [3.63, 3.8) is 0 Å². The number of hydrogen-bond donors (Lipinski definition) is 0. The van der Waals surface area contributed by atoms with Gasteiger partial charge in [0.1, 0.15) is 5.69 Å². The summed E-state index contributed by atoms with van der Waals surface area (Å²) in [6.45, 7) is 0. The molecule has 124 valence electrons. The number of nitrogens with zero attached hydrogens (tertiary/aromatic N) is 4. The molecule has 0 bridgehead atoms. The first-order valence-corrected chi connectivity index (χ1v) is 9.49. The fourth-order valence-corrected chi connectivity index (χ4v) is 3.22. The zero-order valence-corrected chi connectivity index (χ0v) is 14.2. The molecule has 0 aliphatic heterocycles. The van der Waals surface area contributed by atoms with Crippen LogP contribution < -0.4 is 0 Å². The van der Waals surface area contributed by atoms with Crippen LogP contribution in [0.3, 0.4) is 0 Å². The summed E-state index contributed by atoms with van der Waals surface area (Å²) in [6.07, 6.45) is 4.41. The molecule has 3 heterocycles. The van der Waals surface area contributed by atoms with E-state index < -0.39 is 9.84 Å². The van der Waals surface area contributed by atoms with Crippen molar-refractivity contribution in [2.24, 2.45) is 0 Å². The van der Waals surface area contributed by atoms with Gasteiger partial charge in [-0.3, -0.25) is 0 Å². The summed E-state index contributed by atoms with van der Waals surface area (Å²) in [4.78, 5) is 8.15. The number of hydrogen-bond acceptors (Lipinski definition) is 5. The summed E-state index contributed by atoms with van der Waals surface area (Å²) in [5.74, 6) is 0. The lowest BCUT2D eigenvalue weighted by Crippen LogP contribution is -2.04. The van der Waals surface area contributed by atoms with Crippen LogP contribution in [0.25, 0.3) is 28.0 Å². The molecule has 0 fully saturated rings. The van der Waals surface area contributed by atoms with Crippen LogP contribution in [0, 0.1) is 0 Å². The molecule has 0 radical (unpaired) electrons. The number of aromatic nitrogens is 4. The van der Waals surface area contributed by atoms with Gasteiger partial charge in [-0.2, -0.15) is 5.10 Å². The SMILES string of the molecule is CS(=O)(=O)c1nccc(-c2c(-c3ccccc3)nn3ccccc23)n1. The van der Waals surface area contributed by atoms with Gasteiger partial charge in [-0.1, -0.05) is 36.4 Å². The molecule has 0 N–H and O–H groups in total. The highest BCUT2D eigenvalue weighted by Gasteiger charge is 2.19. The first-order valence-electron chi connectivity index (χ1n) is 7.60. The lowest BCUT2D eigenvalue weighted by Gasteiger charge is -2.04. The standard InChI is InChI=1S/C18H14N4O2S/c1-25(23,24)18-19-11-10-14(20-18)16-15-9-5-6-12-22(15)21-17(16)13-7-3-2-4-8-13/h2-12H,1H3. The average molecular weight is 350 g/mol. The van der Waals surface area contributed by atoms with E-state index in [0.717, 1.165) is 28.6 Å². The molecule has 4 rings (SSSR count). The number of sulfone groups is 1. The Hall–Kier alpha value is -3.06. The maximum absolute atomic E-state index is 11.8. The predicted molar refractivity (Wildman–Crippen MR) is 94.8 cm³/mol. The van der Waals surface area contributed by atoms with Gasteiger partial charge in [0.05, 0.1) is 16.8 Å². The van der Waals surface area contributed by atoms with Gasteiger partial charge >= 0.3 is 0 Å². The summed E-state index contributed by atoms with van der Waals surface area (Å²) in [6, 6.07) is 17.2. The summed E-state index contributed by atoms with van der Waals surface area (Å²) in [7, 11) is -3.50. The molecule has 25 heavy (non-hydrogen) atoms. The van der Waals surface area contributed by atoms with E-state index in [1.807, 2.05) is 54.7 Å². The molecule has 3 aromatic heterocycles. The largest absolute Gasteiger partial charge is 0.247 e. The van der Waals surface area contributed by atoms with Crippen molar-refractivity contribution in [1.29, 1.82) is 0 Å². The third kappa shape index (κ3) is 2.78. The Labute approximate surface area is 144 Å². The second-order valence-corrected chi connectivity index (χ2v) is 7.53. The maximum Gasteiger partial charge on any atom is 0.247 e. The maximum atomic E-state index is 11.8. The fourth-order valence-electron chi connectivity index (χ4n) is 2.71. The quantitative estimate of drug-likeness (QED) is 0.531. The van der Waals surface area contributed by atoms with E-state index in [-0.39, 0.29) is 5.16 Å². The van der Waals surface area contributed by atoms with Gasteiger partial charge in [-0.25, -0.2) is 22.9 Å². The van der Waals surface area contributed by atoms with Crippen LogP contribution in [0.4, 0.5) is 0 Å². The number of rotatable bonds is 3. The Morgan fingerprint density at radius 2 is 1.72 bits per heavy atom. The normalized spacial score (nSPS) is 11.7. The Kier molecular flexibility index (Phi) is 3.58. The topological polar surface area (TPSA) is 77.2 Å². The van der Waals surface area contributed by atoms with Gasteiger partial charge in [-0.15, -0.1) is 0 Å². The van der Waals surface area contributed by atoms with Crippen LogP contribution >= 0.6 is 0 Å². The van der Waals surface area contributed by atoms with Crippen LogP contribution in [0.5, 0.6) is 0 Å². The number of pyridine rings is 1. The van der Waals surface area contributed by atoms with E-state index in [0.29, 0.717) is 5.69 Å². The van der Waals surface area contributed by atoms with Gasteiger partial charge in [0, 0.05) is 24.2 Å². The zero-order chi connectivity index (χ0) is 17.4. The first kappa shape index (κ1) is 15.5. The van der Waals surface area contributed by atoms with Crippen molar-refractivity contribution in [3.8, 4) is 22.5 Å². The molecule has 0 spiro atoms. The minimum Gasteiger partial charge on any atom is -0.240 e. The molecule has 4 aromatic rings. The molecule has 0 aliphatic rings. The Morgan fingerprint density at radius 1 is 0.960 bits per heavy atom. The minimum atomic E-state index is -3.50. The third-order valence-corrected chi connectivity index (χ3v) is 4.67. The van der Waals surface area contributed by atoms with Crippen molar-refractivity contribution < 1.29 is 8.42 Å². The molecule has 0 atom stereocenters. The summed E-state index contributed by atoms with van der Waals surface area (Å²) >= 11 is 0. The lowest BCUT2D eigenvalue weighted by molar-refractivity contribution is 0.593. The predicted octanol–water partition coefficient (Wildman–Crippen LogP) is 2.86. The highest BCUT2D eigenvalue weighted by molar-refractivity contribution is 7.90. The summed E-state index contributed by atoms with van der Waals surface area (Å²) in [5, 5.41) is 4.46. The van der Waals surface area contributed by atoms with E-state index in [1.54, 1.807) is 10.6 Å². The smallest absolute Gasteiger partial charge is 0.240 e. The van der Waals surface area contributed by atoms with Crippen LogP contribution in [-0.4, -0.2) is 34.3 Å². The molecular weight excluding hydrogens is 336 g/mol. The van der Waals surface area contributed by atoms with Crippen LogP contribution in [0.15, 0.2) is 72.1 Å². The highest BCUT2D eigenvalue weighted by atomic mass is 32.2. The zero-order valence-electron chi connectivity index (χ0n) is 13.4. The van der Waals surface area contributed by atoms with Gasteiger partial charge < -0.3 is 0 Å². The van der Waals surface area contributed by atoms with Crippen molar-refractivity contribution in [3.05, 3.63) is 67.0 Å². The second kappa shape index (κ2) is 5.78. The lowest BCUT2D eigenvalue weighted by atomic mass is 10.0. The van der Waals surface area contributed by atoms with Crippen molar-refractivity contribution in [2.75, 3.05) is 6.26 Å². The van der Waals surface area contributed by atoms with Crippen LogP contribution in [0.2, 0.25) is 0 Å². The highest BCUT2D eigenvalue weighted by Crippen LogP contribution is 2.34. The van der Waals surface area contributed by atoms with Crippen molar-refractivity contribution in [1.82, 2.24) is 19.6 Å². The first-order chi connectivity index (χ1) is 12.0. The van der Waals surface area contributed by atoms with E-state index in [2.05, 4.69) is 15.1 Å². The van der Waals surface area contributed by atoms with Crippen molar-refractivity contribution >= 4 is 15.4 Å². The molecule has 7 heteroatoms. The van der Waals surface area contributed by atoms with E-state index in [4.69, 9.17) is 0 Å². The molecule has 0 saturated heterocycles. The number of fused-ring (bicyclic) bond motifs is 1. The van der Waals surface area contributed by atoms with Gasteiger partial charge in [0.25, 0.3) is 0 Å². The van der Waals surface area contributed by atoms with E-state index >= 15 is 0 Å². The molecule has 0 amide bonds. The number of benzene rings is 1. The van der Waals surface area contributed by atoms with Gasteiger partial charge in [-0.05, 0) is 18.2 Å². The van der Waals surface area contributed by atoms with Crippen molar-refractivity contribution in [2.45, 2.75) is 5.16 Å². The molecule has 0 aliphatic carbocycles. The van der Waals surface area contributed by atoms with Gasteiger partial charge in [0.2, 0.25) is 15.0 Å². The molecule has 1 aromatic carbocycles. The average Bonchev–Trinajstić information content (AvgIpc) is 3.01. The monoisotopic (exact) mass is 350 g/mol. The molecule has 6 nitrogen and oxygen atoms in total. The third-order valence-electron chi connectivity index (χ3n) is 3.81. The minimum absolute atomic E-state index is 0.195. The Bertz CT molecular complexity index is 1170. The van der Waals surface area contributed by atoms with Crippen LogP contribution in [0.1, 0.15) is 0 Å².